The summed E-state index contributed by atoms with van der Waals surface area (Å²) in [6.45, 7) is 6.56. The second kappa shape index (κ2) is 15.8. The number of benzene rings is 3. The molecule has 41 heavy (non-hydrogen) atoms. The highest BCUT2D eigenvalue weighted by Gasteiger charge is 2.33. The van der Waals surface area contributed by atoms with Crippen LogP contribution in [0.15, 0.2) is 89.8 Å². The van der Waals surface area contributed by atoms with Crippen LogP contribution in [0.5, 0.6) is 5.75 Å². The Kier molecular flexibility index (Phi) is 12.2. The Bertz CT molecular complexity index is 1330. The summed E-state index contributed by atoms with van der Waals surface area (Å²) in [6.07, 6.45) is 2.70. The Labute approximate surface area is 244 Å². The molecule has 9 heteroatoms. The van der Waals surface area contributed by atoms with Crippen molar-refractivity contribution < 1.29 is 22.7 Å². The quantitative estimate of drug-likeness (QED) is 0.240. The normalized spacial score (nSPS) is 11.9. The molecule has 0 radical (unpaired) electrons. The molecule has 1 unspecified atom stereocenters. The largest absolute Gasteiger partial charge is 0.494 e. The first-order chi connectivity index (χ1) is 19.8. The van der Waals surface area contributed by atoms with Crippen LogP contribution in [0, 0.1) is 0 Å². The molecule has 3 rings (SSSR count). The number of hydrogen-bond acceptors (Lipinski definition) is 5. The maximum absolute atomic E-state index is 14.0. The van der Waals surface area contributed by atoms with Crippen LogP contribution in [0.1, 0.15) is 45.6 Å². The van der Waals surface area contributed by atoms with Gasteiger partial charge in [0.15, 0.2) is 0 Å². The predicted molar refractivity (Wildman–Crippen MR) is 162 cm³/mol. The fourth-order valence-corrected chi connectivity index (χ4v) is 5.94. The van der Waals surface area contributed by atoms with E-state index in [2.05, 4.69) is 5.32 Å². The maximum Gasteiger partial charge on any atom is 0.264 e. The predicted octanol–water partition coefficient (Wildman–Crippen LogP) is 5.05. The summed E-state index contributed by atoms with van der Waals surface area (Å²) in [7, 11) is -4.12. The van der Waals surface area contributed by atoms with Gasteiger partial charge in [-0.05, 0) is 68.1 Å². The van der Waals surface area contributed by atoms with Crippen molar-refractivity contribution in [3.05, 3.63) is 90.5 Å². The zero-order chi connectivity index (χ0) is 29.7. The molecule has 3 aromatic carbocycles. The summed E-state index contributed by atoms with van der Waals surface area (Å²) in [5, 5.41) is 2.95. The molecule has 8 nitrogen and oxygen atoms in total. The number of amides is 2. The molecule has 0 bridgehead atoms. The minimum Gasteiger partial charge on any atom is -0.494 e. The van der Waals surface area contributed by atoms with Crippen LogP contribution < -0.4 is 14.4 Å². The van der Waals surface area contributed by atoms with Crippen molar-refractivity contribution >= 4 is 27.5 Å². The van der Waals surface area contributed by atoms with E-state index in [4.69, 9.17) is 4.74 Å². The Balaban J connectivity index is 1.95. The van der Waals surface area contributed by atoms with Crippen molar-refractivity contribution in [3.63, 3.8) is 0 Å². The third kappa shape index (κ3) is 8.82. The second-order valence-electron chi connectivity index (χ2n) is 9.64. The van der Waals surface area contributed by atoms with E-state index in [-0.39, 0.29) is 17.3 Å². The highest BCUT2D eigenvalue weighted by Crippen LogP contribution is 2.26. The lowest BCUT2D eigenvalue weighted by Crippen LogP contribution is -2.53. The summed E-state index contributed by atoms with van der Waals surface area (Å²) in [5.74, 6) is -0.125. The van der Waals surface area contributed by atoms with E-state index in [1.165, 1.54) is 17.0 Å². The topological polar surface area (TPSA) is 96.0 Å². The standard InChI is InChI=1S/C32H41N3O5S/c1-4-7-23-33-32(37)30(5-2)34(24-22-26-14-10-8-11-15-26)31(36)25-35(27-16-12-9-13-17-27)41(38,39)29-20-18-28(19-21-29)40-6-3/h8-21,30H,4-7,22-25H2,1-3H3,(H,33,37). The molecular weight excluding hydrogens is 538 g/mol. The van der Waals surface area contributed by atoms with Gasteiger partial charge in [-0.3, -0.25) is 13.9 Å². The molecule has 0 saturated heterocycles. The van der Waals surface area contributed by atoms with Gasteiger partial charge in [0.1, 0.15) is 18.3 Å². The van der Waals surface area contributed by atoms with Gasteiger partial charge in [-0.1, -0.05) is 68.8 Å². The summed E-state index contributed by atoms with van der Waals surface area (Å²) in [5.41, 5.74) is 1.38. The number of anilines is 1. The summed E-state index contributed by atoms with van der Waals surface area (Å²) >= 11 is 0. The van der Waals surface area contributed by atoms with Gasteiger partial charge in [-0.25, -0.2) is 8.42 Å². The zero-order valence-electron chi connectivity index (χ0n) is 24.2. The van der Waals surface area contributed by atoms with E-state index in [0.29, 0.717) is 37.4 Å². The minimum absolute atomic E-state index is 0.0396. The van der Waals surface area contributed by atoms with Crippen molar-refractivity contribution in [1.82, 2.24) is 10.2 Å². The Morgan fingerprint density at radius 3 is 2.10 bits per heavy atom. The van der Waals surface area contributed by atoms with Crippen LogP contribution in [-0.4, -0.2) is 57.4 Å². The molecule has 1 atom stereocenters. The smallest absolute Gasteiger partial charge is 0.264 e. The Morgan fingerprint density at radius 2 is 1.51 bits per heavy atom. The maximum atomic E-state index is 14.0. The van der Waals surface area contributed by atoms with E-state index in [9.17, 15) is 18.0 Å². The third-order valence-corrected chi connectivity index (χ3v) is 8.53. The van der Waals surface area contributed by atoms with Crippen molar-refractivity contribution in [2.75, 3.05) is 30.5 Å². The Morgan fingerprint density at radius 1 is 0.878 bits per heavy atom. The van der Waals surface area contributed by atoms with Gasteiger partial charge in [0.2, 0.25) is 11.8 Å². The summed E-state index contributed by atoms with van der Waals surface area (Å²) in [4.78, 5) is 28.8. The van der Waals surface area contributed by atoms with Crippen LogP contribution >= 0.6 is 0 Å². The first-order valence-corrected chi connectivity index (χ1v) is 15.7. The lowest BCUT2D eigenvalue weighted by Gasteiger charge is -2.33. The second-order valence-corrected chi connectivity index (χ2v) is 11.5. The van der Waals surface area contributed by atoms with Crippen LogP contribution in [0.4, 0.5) is 5.69 Å². The van der Waals surface area contributed by atoms with E-state index in [1.54, 1.807) is 42.5 Å². The average Bonchev–Trinajstić information content (AvgIpc) is 2.99. The molecule has 0 aromatic heterocycles. The lowest BCUT2D eigenvalue weighted by atomic mass is 10.1. The van der Waals surface area contributed by atoms with Crippen LogP contribution in [0.3, 0.4) is 0 Å². The average molecular weight is 580 g/mol. The van der Waals surface area contributed by atoms with Gasteiger partial charge in [0.25, 0.3) is 10.0 Å². The van der Waals surface area contributed by atoms with Gasteiger partial charge >= 0.3 is 0 Å². The number of carbonyl (C=O) groups excluding carboxylic acids is 2. The van der Waals surface area contributed by atoms with Gasteiger partial charge in [-0.2, -0.15) is 0 Å². The fraction of sp³-hybridized carbons (Fsp3) is 0.375. The highest BCUT2D eigenvalue weighted by atomic mass is 32.2. The third-order valence-electron chi connectivity index (χ3n) is 6.75. The molecule has 220 valence electrons. The van der Waals surface area contributed by atoms with Gasteiger partial charge in [0, 0.05) is 13.1 Å². The Hall–Kier alpha value is -3.85. The van der Waals surface area contributed by atoms with Crippen molar-refractivity contribution in [1.29, 1.82) is 0 Å². The zero-order valence-corrected chi connectivity index (χ0v) is 25.0. The SMILES string of the molecule is CCCCNC(=O)C(CC)N(CCc1ccccc1)C(=O)CN(c1ccccc1)S(=O)(=O)c1ccc(OCC)cc1. The first kappa shape index (κ1) is 31.7. The van der Waals surface area contributed by atoms with E-state index >= 15 is 0 Å². The van der Waals surface area contributed by atoms with Gasteiger partial charge < -0.3 is 15.0 Å². The van der Waals surface area contributed by atoms with Crippen LogP contribution in [0.2, 0.25) is 0 Å². The van der Waals surface area contributed by atoms with Crippen LogP contribution in [-0.2, 0) is 26.0 Å². The molecule has 0 aliphatic carbocycles. The molecule has 0 heterocycles. The number of para-hydroxylation sites is 1. The number of unbranched alkanes of at least 4 members (excludes halogenated alkanes) is 1. The van der Waals surface area contributed by atoms with Gasteiger partial charge in [0.05, 0.1) is 17.2 Å². The number of rotatable bonds is 16. The van der Waals surface area contributed by atoms with Crippen molar-refractivity contribution in [3.8, 4) is 5.75 Å². The van der Waals surface area contributed by atoms with Crippen molar-refractivity contribution in [2.45, 2.75) is 57.4 Å². The summed E-state index contributed by atoms with van der Waals surface area (Å²) < 4.78 is 34.4. The minimum atomic E-state index is -4.12. The molecule has 2 amide bonds. The fourth-order valence-electron chi connectivity index (χ4n) is 4.53. The number of nitrogens with one attached hydrogen (secondary N) is 1. The highest BCUT2D eigenvalue weighted by molar-refractivity contribution is 7.92. The molecule has 3 aromatic rings. The first-order valence-electron chi connectivity index (χ1n) is 14.2. The number of nitrogens with zero attached hydrogens (tertiary/aromatic N) is 2. The van der Waals surface area contributed by atoms with E-state index < -0.39 is 28.5 Å². The molecule has 0 spiro atoms. The number of sulfonamides is 1. The van der Waals surface area contributed by atoms with Crippen LogP contribution in [0.25, 0.3) is 0 Å². The molecule has 0 aliphatic rings. The number of carbonyl (C=O) groups is 2. The monoisotopic (exact) mass is 579 g/mol. The number of hydrogen-bond donors (Lipinski definition) is 1. The molecular formula is C32H41N3O5S. The molecule has 0 aliphatic heterocycles. The van der Waals surface area contributed by atoms with Crippen molar-refractivity contribution in [2.24, 2.45) is 0 Å². The lowest BCUT2D eigenvalue weighted by molar-refractivity contribution is -0.139. The number of ether oxygens (including phenoxy) is 1. The van der Waals surface area contributed by atoms with E-state index in [1.807, 2.05) is 51.1 Å². The molecule has 1 N–H and O–H groups in total. The van der Waals surface area contributed by atoms with E-state index in [0.717, 1.165) is 22.7 Å². The summed E-state index contributed by atoms with van der Waals surface area (Å²) in [6, 6.07) is 23.7. The molecule has 0 saturated carbocycles. The molecule has 0 fully saturated rings. The van der Waals surface area contributed by atoms with Gasteiger partial charge in [-0.15, -0.1) is 0 Å².